The smallest absolute Gasteiger partial charge is 0.222 e. The van der Waals surface area contributed by atoms with E-state index in [1.165, 1.54) is 0 Å². The minimum atomic E-state index is -0.141. The second-order valence-electron chi connectivity index (χ2n) is 6.15. The summed E-state index contributed by atoms with van der Waals surface area (Å²) in [6.07, 6.45) is 2.69. The molecule has 0 fully saturated rings. The molecule has 0 heterocycles. The summed E-state index contributed by atoms with van der Waals surface area (Å²) in [5, 5.41) is 0. The van der Waals surface area contributed by atoms with Crippen LogP contribution in [0.4, 0.5) is 0 Å². The summed E-state index contributed by atoms with van der Waals surface area (Å²) in [5.74, 6) is 0.182. The molecule has 0 spiro atoms. The minimum absolute atomic E-state index is 0.141. The first-order valence-corrected chi connectivity index (χ1v) is 7.22. The number of hydrogen-bond acceptors (Lipinski definition) is 3. The van der Waals surface area contributed by atoms with Gasteiger partial charge in [0, 0.05) is 26.6 Å². The van der Waals surface area contributed by atoms with Crippen molar-refractivity contribution >= 4 is 5.91 Å². The van der Waals surface area contributed by atoms with Gasteiger partial charge in [0.05, 0.1) is 18.3 Å². The Morgan fingerprint density at radius 3 is 2.32 bits per heavy atom. The van der Waals surface area contributed by atoms with Gasteiger partial charge in [-0.2, -0.15) is 0 Å². The van der Waals surface area contributed by atoms with Crippen LogP contribution >= 0.6 is 0 Å². The SMILES string of the molecule is CC(C)OCCCCC(=O)N(C)CCOC(C)(C)C. The summed E-state index contributed by atoms with van der Waals surface area (Å²) in [6, 6.07) is 0. The van der Waals surface area contributed by atoms with E-state index in [1.54, 1.807) is 4.90 Å². The number of carbonyl (C=O) groups is 1. The van der Waals surface area contributed by atoms with Gasteiger partial charge in [0.25, 0.3) is 0 Å². The molecule has 0 radical (unpaired) electrons. The van der Waals surface area contributed by atoms with Gasteiger partial charge in [-0.1, -0.05) is 0 Å². The molecule has 0 bridgehead atoms. The van der Waals surface area contributed by atoms with E-state index in [2.05, 4.69) is 0 Å². The quantitative estimate of drug-likeness (QED) is 0.606. The maximum absolute atomic E-state index is 11.8. The highest BCUT2D eigenvalue weighted by molar-refractivity contribution is 5.75. The molecule has 1 amide bonds. The van der Waals surface area contributed by atoms with E-state index in [-0.39, 0.29) is 17.6 Å². The summed E-state index contributed by atoms with van der Waals surface area (Å²) in [5.41, 5.74) is -0.141. The Bertz CT molecular complexity index is 246. The fourth-order valence-corrected chi connectivity index (χ4v) is 1.50. The fraction of sp³-hybridized carbons (Fsp3) is 0.933. The molecule has 0 saturated carbocycles. The second-order valence-corrected chi connectivity index (χ2v) is 6.15. The molecule has 0 aliphatic rings. The highest BCUT2D eigenvalue weighted by Crippen LogP contribution is 2.07. The third-order valence-corrected chi connectivity index (χ3v) is 2.62. The summed E-state index contributed by atoms with van der Waals surface area (Å²) < 4.78 is 11.0. The van der Waals surface area contributed by atoms with Crippen LogP contribution in [0.2, 0.25) is 0 Å². The van der Waals surface area contributed by atoms with Crippen molar-refractivity contribution in [2.75, 3.05) is 26.8 Å². The Balaban J connectivity index is 3.59. The first-order chi connectivity index (χ1) is 8.72. The molecule has 0 aliphatic carbocycles. The number of carbonyl (C=O) groups excluding carboxylic acids is 1. The Morgan fingerprint density at radius 1 is 1.16 bits per heavy atom. The monoisotopic (exact) mass is 273 g/mol. The second kappa shape index (κ2) is 9.32. The highest BCUT2D eigenvalue weighted by Gasteiger charge is 2.12. The van der Waals surface area contributed by atoms with Gasteiger partial charge in [-0.25, -0.2) is 0 Å². The van der Waals surface area contributed by atoms with Crippen LogP contribution in [0.5, 0.6) is 0 Å². The fourth-order valence-electron chi connectivity index (χ4n) is 1.50. The molecule has 0 N–H and O–H groups in total. The van der Waals surface area contributed by atoms with Crippen molar-refractivity contribution in [1.29, 1.82) is 0 Å². The molecule has 0 aromatic rings. The van der Waals surface area contributed by atoms with Crippen LogP contribution in [0.15, 0.2) is 0 Å². The van der Waals surface area contributed by atoms with Crippen LogP contribution in [-0.4, -0.2) is 49.3 Å². The average molecular weight is 273 g/mol. The third-order valence-electron chi connectivity index (χ3n) is 2.62. The zero-order valence-electron chi connectivity index (χ0n) is 13.5. The summed E-state index contributed by atoms with van der Waals surface area (Å²) in [7, 11) is 1.83. The van der Waals surface area contributed by atoms with Crippen LogP contribution in [0.3, 0.4) is 0 Å². The summed E-state index contributed by atoms with van der Waals surface area (Å²) in [6.45, 7) is 12.1. The lowest BCUT2D eigenvalue weighted by molar-refractivity contribution is -0.131. The van der Waals surface area contributed by atoms with E-state index in [4.69, 9.17) is 9.47 Å². The van der Waals surface area contributed by atoms with E-state index in [0.29, 0.717) is 19.6 Å². The Kier molecular flexibility index (Phi) is 9.02. The van der Waals surface area contributed by atoms with Crippen molar-refractivity contribution in [1.82, 2.24) is 4.90 Å². The summed E-state index contributed by atoms with van der Waals surface area (Å²) in [4.78, 5) is 13.6. The molecule has 4 nitrogen and oxygen atoms in total. The van der Waals surface area contributed by atoms with Crippen molar-refractivity contribution in [2.45, 2.75) is 65.6 Å². The molecule has 0 unspecified atom stereocenters. The van der Waals surface area contributed by atoms with Crippen molar-refractivity contribution in [3.63, 3.8) is 0 Å². The van der Waals surface area contributed by atoms with Crippen molar-refractivity contribution in [3.05, 3.63) is 0 Å². The number of unbranched alkanes of at least 4 members (excludes halogenated alkanes) is 1. The number of hydrogen-bond donors (Lipinski definition) is 0. The molecule has 0 saturated heterocycles. The van der Waals surface area contributed by atoms with E-state index >= 15 is 0 Å². The first-order valence-electron chi connectivity index (χ1n) is 7.22. The zero-order chi connectivity index (χ0) is 14.9. The number of nitrogens with zero attached hydrogens (tertiary/aromatic N) is 1. The number of amides is 1. The van der Waals surface area contributed by atoms with Gasteiger partial charge in [-0.05, 0) is 47.5 Å². The van der Waals surface area contributed by atoms with Crippen LogP contribution in [0.1, 0.15) is 53.9 Å². The zero-order valence-corrected chi connectivity index (χ0v) is 13.5. The largest absolute Gasteiger partial charge is 0.379 e. The van der Waals surface area contributed by atoms with E-state index in [1.807, 2.05) is 41.7 Å². The van der Waals surface area contributed by atoms with Gasteiger partial charge in [-0.15, -0.1) is 0 Å². The molecular formula is C15H31NO3. The topological polar surface area (TPSA) is 38.8 Å². The predicted molar refractivity (Wildman–Crippen MR) is 78.3 cm³/mol. The number of rotatable bonds is 9. The van der Waals surface area contributed by atoms with E-state index in [0.717, 1.165) is 19.4 Å². The lowest BCUT2D eigenvalue weighted by Crippen LogP contribution is -2.32. The number of likely N-dealkylation sites (N-methyl/N-ethyl adjacent to an activating group) is 1. The first kappa shape index (κ1) is 18.4. The molecule has 0 atom stereocenters. The Hall–Kier alpha value is -0.610. The number of ether oxygens (including phenoxy) is 2. The van der Waals surface area contributed by atoms with Gasteiger partial charge < -0.3 is 14.4 Å². The van der Waals surface area contributed by atoms with Gasteiger partial charge in [0.2, 0.25) is 5.91 Å². The molecular weight excluding hydrogens is 242 g/mol. The molecule has 114 valence electrons. The van der Waals surface area contributed by atoms with Gasteiger partial charge in [0.1, 0.15) is 0 Å². The third kappa shape index (κ3) is 12.2. The Morgan fingerprint density at radius 2 is 1.79 bits per heavy atom. The van der Waals surface area contributed by atoms with E-state index < -0.39 is 0 Å². The van der Waals surface area contributed by atoms with Crippen LogP contribution in [-0.2, 0) is 14.3 Å². The maximum atomic E-state index is 11.8. The molecule has 0 aromatic heterocycles. The van der Waals surface area contributed by atoms with E-state index in [9.17, 15) is 4.79 Å². The normalized spacial score (nSPS) is 11.9. The van der Waals surface area contributed by atoms with Crippen LogP contribution < -0.4 is 0 Å². The van der Waals surface area contributed by atoms with Gasteiger partial charge >= 0.3 is 0 Å². The molecule has 0 aromatic carbocycles. The van der Waals surface area contributed by atoms with Gasteiger partial charge in [0.15, 0.2) is 0 Å². The molecule has 0 aliphatic heterocycles. The standard InChI is InChI=1S/C15H31NO3/c1-13(2)18-11-8-7-9-14(17)16(6)10-12-19-15(3,4)5/h13H,7-12H2,1-6H3. The Labute approximate surface area is 118 Å². The molecule has 19 heavy (non-hydrogen) atoms. The average Bonchev–Trinajstić information content (AvgIpc) is 2.25. The minimum Gasteiger partial charge on any atom is -0.379 e. The van der Waals surface area contributed by atoms with Crippen LogP contribution in [0, 0.1) is 0 Å². The summed E-state index contributed by atoms with van der Waals surface area (Å²) >= 11 is 0. The highest BCUT2D eigenvalue weighted by atomic mass is 16.5. The maximum Gasteiger partial charge on any atom is 0.222 e. The van der Waals surface area contributed by atoms with Crippen molar-refractivity contribution < 1.29 is 14.3 Å². The van der Waals surface area contributed by atoms with Gasteiger partial charge in [-0.3, -0.25) is 4.79 Å². The van der Waals surface area contributed by atoms with Crippen molar-refractivity contribution in [3.8, 4) is 0 Å². The van der Waals surface area contributed by atoms with Crippen molar-refractivity contribution in [2.24, 2.45) is 0 Å². The lowest BCUT2D eigenvalue weighted by atomic mass is 10.2. The molecule has 0 rings (SSSR count). The molecule has 4 heteroatoms. The predicted octanol–water partition coefficient (Wildman–Crippen LogP) is 2.86. The van der Waals surface area contributed by atoms with Crippen LogP contribution in [0.25, 0.3) is 0 Å². The lowest BCUT2D eigenvalue weighted by Gasteiger charge is -2.23.